The normalized spacial score (nSPS) is 14.2. The smallest absolute Gasteiger partial charge is 0.326 e. The van der Waals surface area contributed by atoms with Gasteiger partial charge in [-0.15, -0.1) is 0 Å². The lowest BCUT2D eigenvalue weighted by Gasteiger charge is -2.30. The van der Waals surface area contributed by atoms with Crippen LogP contribution in [-0.2, 0) is 16.6 Å². The van der Waals surface area contributed by atoms with Gasteiger partial charge in [-0.3, -0.25) is 10.1 Å². The lowest BCUT2D eigenvalue weighted by molar-refractivity contribution is -0.151. The van der Waals surface area contributed by atoms with Gasteiger partial charge in [-0.1, -0.05) is 11.8 Å². The van der Waals surface area contributed by atoms with E-state index in [-0.39, 0.29) is 12.0 Å². The van der Waals surface area contributed by atoms with Crippen LogP contribution in [0.1, 0.15) is 40.5 Å². The van der Waals surface area contributed by atoms with Gasteiger partial charge in [0.1, 0.15) is 11.9 Å². The van der Waals surface area contributed by atoms with Crippen LogP contribution in [0.25, 0.3) is 0 Å². The van der Waals surface area contributed by atoms with E-state index in [4.69, 9.17) is 4.74 Å². The van der Waals surface area contributed by atoms with E-state index < -0.39 is 5.54 Å². The molecule has 0 amide bonds. The molecule has 0 bridgehead atoms. The molecule has 1 rings (SSSR count). The van der Waals surface area contributed by atoms with Crippen molar-refractivity contribution in [1.29, 1.82) is 0 Å². The van der Waals surface area contributed by atoms with Crippen molar-refractivity contribution in [2.75, 3.05) is 12.4 Å². The van der Waals surface area contributed by atoms with E-state index in [1.54, 1.807) is 22.8 Å². The summed E-state index contributed by atoms with van der Waals surface area (Å²) in [7, 11) is 1.87. The van der Waals surface area contributed by atoms with Crippen molar-refractivity contribution >= 4 is 17.7 Å². The van der Waals surface area contributed by atoms with Crippen LogP contribution in [-0.4, -0.2) is 44.7 Å². The molecular formula is C14H26N4O2S. The number of nitrogens with one attached hydrogen (secondary N) is 1. The Morgan fingerprint density at radius 2 is 2.29 bits per heavy atom. The third-order valence-electron chi connectivity index (χ3n) is 3.06. The average molecular weight is 314 g/mol. The number of ether oxygens (including phenoxy) is 1. The number of aromatic nitrogens is 3. The molecule has 0 aliphatic heterocycles. The predicted octanol–water partition coefficient (Wildman–Crippen LogP) is 2.01. The van der Waals surface area contributed by atoms with E-state index in [0.29, 0.717) is 6.61 Å². The highest BCUT2D eigenvalue weighted by Crippen LogP contribution is 2.21. The van der Waals surface area contributed by atoms with Gasteiger partial charge in [0.2, 0.25) is 0 Å². The number of carbonyl (C=O) groups excluding carboxylic acids is 1. The molecule has 1 aromatic heterocycles. The molecule has 1 aromatic rings. The van der Waals surface area contributed by atoms with Crippen LogP contribution < -0.4 is 5.32 Å². The van der Waals surface area contributed by atoms with E-state index in [2.05, 4.69) is 15.4 Å². The summed E-state index contributed by atoms with van der Waals surface area (Å²) < 4.78 is 6.95. The van der Waals surface area contributed by atoms with Gasteiger partial charge in [-0.25, -0.2) is 9.67 Å². The van der Waals surface area contributed by atoms with Crippen molar-refractivity contribution < 1.29 is 9.53 Å². The topological polar surface area (TPSA) is 69.0 Å². The maximum absolute atomic E-state index is 12.2. The van der Waals surface area contributed by atoms with Crippen LogP contribution >= 0.6 is 11.8 Å². The molecule has 1 N–H and O–H groups in total. The molecule has 0 fully saturated rings. The van der Waals surface area contributed by atoms with Crippen LogP contribution in [0.15, 0.2) is 11.5 Å². The predicted molar refractivity (Wildman–Crippen MR) is 84.3 cm³/mol. The van der Waals surface area contributed by atoms with Gasteiger partial charge in [-0.2, -0.15) is 5.10 Å². The maximum atomic E-state index is 12.2. The summed E-state index contributed by atoms with van der Waals surface area (Å²) in [5.74, 6) is 0.712. The second-order valence-electron chi connectivity index (χ2n) is 5.47. The average Bonchev–Trinajstić information content (AvgIpc) is 2.80. The van der Waals surface area contributed by atoms with Crippen molar-refractivity contribution in [1.82, 2.24) is 20.1 Å². The summed E-state index contributed by atoms with van der Waals surface area (Å²) in [6, 6.07) is 0.228. The quantitative estimate of drug-likeness (QED) is 0.427. The number of nitrogens with zero attached hydrogens (tertiary/aromatic N) is 3. The molecule has 1 heterocycles. The van der Waals surface area contributed by atoms with Gasteiger partial charge in [0.15, 0.2) is 5.16 Å². The fourth-order valence-corrected chi connectivity index (χ4v) is 2.99. The first kappa shape index (κ1) is 18.0. The second kappa shape index (κ2) is 8.38. The molecule has 6 nitrogen and oxygen atoms in total. The zero-order valence-corrected chi connectivity index (χ0v) is 14.4. The van der Waals surface area contributed by atoms with E-state index in [9.17, 15) is 4.79 Å². The Bertz CT molecular complexity index is 450. The van der Waals surface area contributed by atoms with Crippen LogP contribution in [0.2, 0.25) is 0 Å². The summed E-state index contributed by atoms with van der Waals surface area (Å²) in [4.78, 5) is 16.3. The zero-order chi connectivity index (χ0) is 15.9. The zero-order valence-electron chi connectivity index (χ0n) is 13.5. The van der Waals surface area contributed by atoms with E-state index in [1.807, 2.05) is 34.7 Å². The Kier molecular flexibility index (Phi) is 7.17. The van der Waals surface area contributed by atoms with Gasteiger partial charge in [0.25, 0.3) is 0 Å². The highest BCUT2D eigenvalue weighted by Gasteiger charge is 2.34. The van der Waals surface area contributed by atoms with E-state index in [0.717, 1.165) is 23.8 Å². The highest BCUT2D eigenvalue weighted by molar-refractivity contribution is 7.99. The lowest BCUT2D eigenvalue weighted by Crippen LogP contribution is -2.53. The van der Waals surface area contributed by atoms with E-state index >= 15 is 0 Å². The molecule has 0 saturated carbocycles. The first-order chi connectivity index (χ1) is 9.89. The van der Waals surface area contributed by atoms with Crippen LogP contribution in [0.3, 0.4) is 0 Å². The third kappa shape index (κ3) is 5.67. The number of rotatable bonds is 9. The minimum absolute atomic E-state index is 0.178. The summed E-state index contributed by atoms with van der Waals surface area (Å²) in [6.45, 7) is 8.22. The Hall–Kier alpha value is -1.08. The molecule has 0 radical (unpaired) electrons. The van der Waals surface area contributed by atoms with Gasteiger partial charge >= 0.3 is 5.97 Å². The van der Waals surface area contributed by atoms with Crippen LogP contribution in [0, 0.1) is 0 Å². The van der Waals surface area contributed by atoms with Crippen LogP contribution in [0.5, 0.6) is 0 Å². The van der Waals surface area contributed by atoms with Gasteiger partial charge < -0.3 is 4.74 Å². The molecule has 1 atom stereocenters. The summed E-state index contributed by atoms with van der Waals surface area (Å²) in [5.41, 5.74) is -0.634. The largest absolute Gasteiger partial charge is 0.465 e. The summed E-state index contributed by atoms with van der Waals surface area (Å²) in [5, 5.41) is 8.26. The first-order valence-electron chi connectivity index (χ1n) is 7.30. The highest BCUT2D eigenvalue weighted by atomic mass is 32.2. The molecule has 0 aliphatic rings. The van der Waals surface area contributed by atoms with Crippen molar-refractivity contribution in [3.63, 3.8) is 0 Å². The number of carbonyl (C=O) groups is 1. The Labute approximate surface area is 131 Å². The van der Waals surface area contributed by atoms with Crippen molar-refractivity contribution in [2.24, 2.45) is 7.05 Å². The Balaban J connectivity index is 2.49. The molecule has 7 heteroatoms. The standard InChI is InChI=1S/C14H26N4O2S/c1-6-20-12(19)14(4,17-11(2)3)8-7-9-21-13-15-10-16-18(13)5/h10-11,17H,6-9H2,1-5H3. The minimum atomic E-state index is -0.634. The molecule has 0 aliphatic carbocycles. The lowest BCUT2D eigenvalue weighted by atomic mass is 9.95. The van der Waals surface area contributed by atoms with E-state index in [1.165, 1.54) is 0 Å². The number of hydrogen-bond donors (Lipinski definition) is 1. The molecule has 0 aromatic carbocycles. The molecule has 21 heavy (non-hydrogen) atoms. The summed E-state index contributed by atoms with van der Waals surface area (Å²) in [6.07, 6.45) is 3.17. The van der Waals surface area contributed by atoms with Crippen molar-refractivity contribution in [3.8, 4) is 0 Å². The fourth-order valence-electron chi connectivity index (χ4n) is 2.17. The molecule has 0 spiro atoms. The van der Waals surface area contributed by atoms with Gasteiger partial charge in [-0.05, 0) is 40.5 Å². The SMILES string of the molecule is CCOC(=O)C(C)(CCCSc1ncnn1C)NC(C)C. The molecule has 1 unspecified atom stereocenters. The van der Waals surface area contributed by atoms with Gasteiger partial charge in [0, 0.05) is 18.8 Å². The number of esters is 1. The third-order valence-corrected chi connectivity index (χ3v) is 4.18. The first-order valence-corrected chi connectivity index (χ1v) is 8.29. The number of hydrogen-bond acceptors (Lipinski definition) is 6. The Morgan fingerprint density at radius 1 is 1.57 bits per heavy atom. The fraction of sp³-hybridized carbons (Fsp3) is 0.786. The van der Waals surface area contributed by atoms with Crippen molar-refractivity contribution in [2.45, 2.75) is 57.3 Å². The molecular weight excluding hydrogens is 288 g/mol. The van der Waals surface area contributed by atoms with Crippen molar-refractivity contribution in [3.05, 3.63) is 6.33 Å². The molecule has 0 saturated heterocycles. The monoisotopic (exact) mass is 314 g/mol. The maximum Gasteiger partial charge on any atom is 0.326 e. The minimum Gasteiger partial charge on any atom is -0.465 e. The number of thioether (sulfide) groups is 1. The molecule has 120 valence electrons. The number of aryl methyl sites for hydroxylation is 1. The van der Waals surface area contributed by atoms with Gasteiger partial charge in [0.05, 0.1) is 6.61 Å². The summed E-state index contributed by atoms with van der Waals surface area (Å²) >= 11 is 1.65. The second-order valence-corrected chi connectivity index (χ2v) is 6.53. The van der Waals surface area contributed by atoms with Crippen LogP contribution in [0.4, 0.5) is 0 Å². The Morgan fingerprint density at radius 3 is 2.81 bits per heavy atom.